The van der Waals surface area contributed by atoms with Crippen LogP contribution in [0.4, 0.5) is 13.2 Å². The number of nitrogens with zero attached hydrogens (tertiary/aromatic N) is 1. The second kappa shape index (κ2) is 6.40. The molecule has 3 aromatic rings. The number of carbonyl (C=O) groups excluding carboxylic acids is 1. The zero-order valence-electron chi connectivity index (χ0n) is 14.3. The third-order valence-corrected chi connectivity index (χ3v) is 4.29. The summed E-state index contributed by atoms with van der Waals surface area (Å²) in [6.07, 6.45) is -4.42. The number of ether oxygens (including phenoxy) is 2. The van der Waals surface area contributed by atoms with Crippen LogP contribution in [-0.2, 0) is 18.0 Å². The Labute approximate surface area is 147 Å². The molecule has 0 unspecified atom stereocenters. The summed E-state index contributed by atoms with van der Waals surface area (Å²) < 4.78 is 50.2. The second-order valence-electron chi connectivity index (χ2n) is 5.73. The van der Waals surface area contributed by atoms with Gasteiger partial charge < -0.3 is 14.0 Å². The summed E-state index contributed by atoms with van der Waals surface area (Å²) in [5, 5.41) is 0.716. The summed E-state index contributed by atoms with van der Waals surface area (Å²) in [6.45, 7) is 0. The largest absolute Gasteiger partial charge is 0.497 e. The number of aryl methyl sites for hydroxylation is 1. The van der Waals surface area contributed by atoms with Crippen LogP contribution in [0.2, 0.25) is 0 Å². The fourth-order valence-electron chi connectivity index (χ4n) is 3.00. The van der Waals surface area contributed by atoms with Gasteiger partial charge in [-0.1, -0.05) is 12.1 Å². The smallest absolute Gasteiger partial charge is 0.416 e. The van der Waals surface area contributed by atoms with Gasteiger partial charge in [0.05, 0.1) is 25.3 Å². The fraction of sp³-hybridized carbons (Fsp3) is 0.211. The minimum atomic E-state index is -4.42. The van der Waals surface area contributed by atoms with Gasteiger partial charge in [0.15, 0.2) is 0 Å². The third-order valence-electron chi connectivity index (χ3n) is 4.29. The van der Waals surface area contributed by atoms with Crippen LogP contribution >= 0.6 is 0 Å². The lowest BCUT2D eigenvalue weighted by atomic mass is 10.00. The predicted octanol–water partition coefficient (Wildman–Crippen LogP) is 4.66. The number of methoxy groups -OCH3 is 2. The van der Waals surface area contributed by atoms with Gasteiger partial charge in [0.1, 0.15) is 11.4 Å². The van der Waals surface area contributed by atoms with Crippen molar-refractivity contribution in [3.05, 3.63) is 53.7 Å². The molecule has 0 aliphatic heterocycles. The molecule has 0 atom stereocenters. The topological polar surface area (TPSA) is 40.5 Å². The molecule has 0 aliphatic carbocycles. The highest BCUT2D eigenvalue weighted by Gasteiger charge is 2.30. The summed E-state index contributed by atoms with van der Waals surface area (Å²) >= 11 is 0. The van der Waals surface area contributed by atoms with Gasteiger partial charge in [0, 0.05) is 24.1 Å². The SMILES string of the molecule is COC(=O)c1c(-c2ccc(C(F)(F)F)cc2)c2ccc(OC)cc2n1C. The van der Waals surface area contributed by atoms with Gasteiger partial charge in [-0.15, -0.1) is 0 Å². The molecule has 0 bridgehead atoms. The lowest BCUT2D eigenvalue weighted by molar-refractivity contribution is -0.137. The summed E-state index contributed by atoms with van der Waals surface area (Å²) in [6, 6.07) is 9.97. The number of benzene rings is 2. The molecule has 0 amide bonds. The van der Waals surface area contributed by atoms with Crippen molar-refractivity contribution in [1.29, 1.82) is 0 Å². The average molecular weight is 363 g/mol. The molecular weight excluding hydrogens is 347 g/mol. The lowest BCUT2D eigenvalue weighted by Gasteiger charge is -2.09. The minimum Gasteiger partial charge on any atom is -0.497 e. The van der Waals surface area contributed by atoms with Gasteiger partial charge in [-0.3, -0.25) is 0 Å². The second-order valence-corrected chi connectivity index (χ2v) is 5.73. The molecule has 7 heteroatoms. The molecule has 1 aromatic heterocycles. The van der Waals surface area contributed by atoms with Crippen molar-refractivity contribution in [2.24, 2.45) is 7.05 Å². The summed E-state index contributed by atoms with van der Waals surface area (Å²) in [7, 11) is 4.49. The average Bonchev–Trinajstić information content (AvgIpc) is 2.92. The van der Waals surface area contributed by atoms with E-state index >= 15 is 0 Å². The van der Waals surface area contributed by atoms with Crippen molar-refractivity contribution in [2.75, 3.05) is 14.2 Å². The van der Waals surface area contributed by atoms with Crippen molar-refractivity contribution in [3.8, 4) is 16.9 Å². The first-order valence-corrected chi connectivity index (χ1v) is 7.70. The molecular formula is C19H16F3NO3. The number of esters is 1. The van der Waals surface area contributed by atoms with E-state index in [2.05, 4.69) is 0 Å². The van der Waals surface area contributed by atoms with E-state index in [1.54, 1.807) is 29.8 Å². The molecule has 0 radical (unpaired) electrons. The van der Waals surface area contributed by atoms with Crippen molar-refractivity contribution in [3.63, 3.8) is 0 Å². The number of hydrogen-bond donors (Lipinski definition) is 0. The summed E-state index contributed by atoms with van der Waals surface area (Å²) in [5.41, 5.74) is 1.23. The van der Waals surface area contributed by atoms with E-state index < -0.39 is 17.7 Å². The van der Waals surface area contributed by atoms with Gasteiger partial charge >= 0.3 is 12.1 Å². The first-order chi connectivity index (χ1) is 12.3. The highest BCUT2D eigenvalue weighted by Crippen LogP contribution is 2.38. The number of rotatable bonds is 3. The van der Waals surface area contributed by atoms with E-state index in [4.69, 9.17) is 9.47 Å². The molecule has 26 heavy (non-hydrogen) atoms. The Morgan fingerprint density at radius 1 is 1.04 bits per heavy atom. The van der Waals surface area contributed by atoms with E-state index in [1.165, 1.54) is 26.4 Å². The highest BCUT2D eigenvalue weighted by atomic mass is 19.4. The van der Waals surface area contributed by atoms with Gasteiger partial charge in [-0.25, -0.2) is 4.79 Å². The Morgan fingerprint density at radius 2 is 1.69 bits per heavy atom. The van der Waals surface area contributed by atoms with Crippen LogP contribution in [0.1, 0.15) is 16.1 Å². The van der Waals surface area contributed by atoms with Crippen molar-refractivity contribution in [1.82, 2.24) is 4.57 Å². The highest BCUT2D eigenvalue weighted by molar-refractivity contribution is 6.08. The number of halogens is 3. The maximum absolute atomic E-state index is 12.8. The van der Waals surface area contributed by atoms with E-state index in [0.717, 1.165) is 12.1 Å². The number of carbonyl (C=O) groups is 1. The normalized spacial score (nSPS) is 11.6. The van der Waals surface area contributed by atoms with Crippen LogP contribution in [0.3, 0.4) is 0 Å². The van der Waals surface area contributed by atoms with Crippen LogP contribution in [0, 0.1) is 0 Å². The summed E-state index contributed by atoms with van der Waals surface area (Å²) in [4.78, 5) is 12.3. The molecule has 0 aliphatic rings. The van der Waals surface area contributed by atoms with Crippen LogP contribution in [-0.4, -0.2) is 24.8 Å². The minimum absolute atomic E-state index is 0.260. The van der Waals surface area contributed by atoms with Crippen LogP contribution < -0.4 is 4.74 Å². The number of alkyl halides is 3. The van der Waals surface area contributed by atoms with E-state index in [0.29, 0.717) is 27.8 Å². The molecule has 136 valence electrons. The van der Waals surface area contributed by atoms with Gasteiger partial charge in [0.2, 0.25) is 0 Å². The maximum Gasteiger partial charge on any atom is 0.416 e. The van der Waals surface area contributed by atoms with Gasteiger partial charge in [0.25, 0.3) is 0 Å². The first-order valence-electron chi connectivity index (χ1n) is 7.70. The number of hydrogen-bond acceptors (Lipinski definition) is 3. The number of fused-ring (bicyclic) bond motifs is 1. The standard InChI is InChI=1S/C19H16F3NO3/c1-23-15-10-13(25-2)8-9-14(15)16(17(23)18(24)26-3)11-4-6-12(7-5-11)19(20,21)22/h4-10H,1-3H3. The Kier molecular flexibility index (Phi) is 4.39. The first kappa shape index (κ1) is 17.8. The van der Waals surface area contributed by atoms with Gasteiger partial charge in [-0.05, 0) is 29.8 Å². The molecule has 0 N–H and O–H groups in total. The molecule has 1 heterocycles. The molecule has 0 saturated carbocycles. The van der Waals surface area contributed by atoms with Crippen molar-refractivity contribution < 1.29 is 27.4 Å². The Balaban J connectivity index is 2.28. The molecule has 0 spiro atoms. The van der Waals surface area contributed by atoms with Crippen LogP contribution in [0.5, 0.6) is 5.75 Å². The zero-order chi connectivity index (χ0) is 19.1. The Bertz CT molecular complexity index is 972. The quantitative estimate of drug-likeness (QED) is 0.636. The molecule has 2 aromatic carbocycles. The van der Waals surface area contributed by atoms with E-state index in [1.807, 2.05) is 0 Å². The molecule has 0 saturated heterocycles. The third kappa shape index (κ3) is 2.89. The van der Waals surface area contributed by atoms with Gasteiger partial charge in [-0.2, -0.15) is 13.2 Å². The van der Waals surface area contributed by atoms with Crippen LogP contribution in [0.25, 0.3) is 22.0 Å². The predicted molar refractivity (Wildman–Crippen MR) is 91.2 cm³/mol. The lowest BCUT2D eigenvalue weighted by Crippen LogP contribution is -2.09. The van der Waals surface area contributed by atoms with E-state index in [9.17, 15) is 18.0 Å². The molecule has 0 fully saturated rings. The fourth-order valence-corrected chi connectivity index (χ4v) is 3.00. The van der Waals surface area contributed by atoms with Crippen molar-refractivity contribution >= 4 is 16.9 Å². The van der Waals surface area contributed by atoms with Crippen LogP contribution in [0.15, 0.2) is 42.5 Å². The summed E-state index contributed by atoms with van der Waals surface area (Å²) in [5.74, 6) is 0.0334. The Morgan fingerprint density at radius 3 is 2.23 bits per heavy atom. The molecule has 4 nitrogen and oxygen atoms in total. The zero-order valence-corrected chi connectivity index (χ0v) is 14.3. The monoisotopic (exact) mass is 363 g/mol. The van der Waals surface area contributed by atoms with Crippen molar-refractivity contribution in [2.45, 2.75) is 6.18 Å². The van der Waals surface area contributed by atoms with E-state index in [-0.39, 0.29) is 5.69 Å². The maximum atomic E-state index is 12.8. The Hall–Kier alpha value is -2.96. The molecule has 3 rings (SSSR count). The number of aromatic nitrogens is 1.